The van der Waals surface area contributed by atoms with Gasteiger partial charge in [-0.05, 0) is 37.7 Å². The molecule has 4 atom stereocenters. The average Bonchev–Trinajstić information content (AvgIpc) is 3.01. The molecule has 1 N–H and O–H groups in total. The molecule has 0 aromatic heterocycles. The highest BCUT2D eigenvalue weighted by molar-refractivity contribution is 6.08. The third-order valence-electron chi connectivity index (χ3n) is 5.79. The Bertz CT molecular complexity index is 838. The fourth-order valence-corrected chi connectivity index (χ4v) is 4.12. The Balaban J connectivity index is 1.66. The van der Waals surface area contributed by atoms with E-state index in [1.54, 1.807) is 0 Å². The third-order valence-corrected chi connectivity index (χ3v) is 5.79. The van der Waals surface area contributed by atoms with Crippen LogP contribution in [0.4, 0.5) is 0 Å². The summed E-state index contributed by atoms with van der Waals surface area (Å²) >= 11 is 0. The van der Waals surface area contributed by atoms with Gasteiger partial charge in [-0.15, -0.1) is 0 Å². The zero-order valence-electron chi connectivity index (χ0n) is 18.2. The molecule has 1 fully saturated rings. The van der Waals surface area contributed by atoms with Gasteiger partial charge in [0.1, 0.15) is 6.04 Å². The van der Waals surface area contributed by atoms with E-state index in [0.717, 1.165) is 10.5 Å². The van der Waals surface area contributed by atoms with Crippen LogP contribution in [0.5, 0.6) is 0 Å². The van der Waals surface area contributed by atoms with Crippen molar-refractivity contribution in [2.45, 2.75) is 58.7 Å². The topological polar surface area (TPSA) is 92.8 Å². The normalized spacial score (nSPS) is 22.3. The number of amides is 3. The number of fused-ring (bicyclic) bond motifs is 1. The minimum absolute atomic E-state index is 0.0566. The van der Waals surface area contributed by atoms with Gasteiger partial charge in [-0.25, -0.2) is 4.79 Å². The van der Waals surface area contributed by atoms with Crippen LogP contribution in [0, 0.1) is 17.8 Å². The first-order valence-electron chi connectivity index (χ1n) is 10.8. The van der Waals surface area contributed by atoms with E-state index in [9.17, 15) is 19.2 Å². The molecule has 166 valence electrons. The number of hydrogen-bond donors (Lipinski definition) is 1. The van der Waals surface area contributed by atoms with E-state index in [2.05, 4.69) is 5.32 Å². The molecule has 0 spiro atoms. The second-order valence-corrected chi connectivity index (χ2v) is 8.63. The standard InChI is InChI=1S/C24H30N2O5/c1-15(2)13-20(26-22(28)18-11-7-8-12-19(18)23(26)29)24(30)31-16(3)21(27)25-14-17-9-5-4-6-10-17/h4-10,15-16,18-20H,11-14H2,1-3H3,(H,25,27)/t16-,18-,19+,20+/m1/s1. The maximum atomic E-state index is 13.0. The van der Waals surface area contributed by atoms with Crippen molar-refractivity contribution >= 4 is 23.7 Å². The molecule has 7 heteroatoms. The van der Waals surface area contributed by atoms with Crippen LogP contribution in [0.1, 0.15) is 45.6 Å². The molecular formula is C24H30N2O5. The first-order valence-corrected chi connectivity index (χ1v) is 10.8. The molecule has 3 amide bonds. The Morgan fingerprint density at radius 1 is 1.03 bits per heavy atom. The van der Waals surface area contributed by atoms with Crippen molar-refractivity contribution in [3.05, 3.63) is 48.0 Å². The van der Waals surface area contributed by atoms with Gasteiger partial charge in [0.2, 0.25) is 11.8 Å². The van der Waals surface area contributed by atoms with Crippen LogP contribution >= 0.6 is 0 Å². The Morgan fingerprint density at radius 2 is 1.61 bits per heavy atom. The van der Waals surface area contributed by atoms with Gasteiger partial charge in [0.25, 0.3) is 5.91 Å². The molecule has 1 heterocycles. The first kappa shape index (κ1) is 22.7. The number of hydrogen-bond acceptors (Lipinski definition) is 5. The van der Waals surface area contributed by atoms with Crippen molar-refractivity contribution in [3.63, 3.8) is 0 Å². The molecule has 31 heavy (non-hydrogen) atoms. The van der Waals surface area contributed by atoms with E-state index >= 15 is 0 Å². The van der Waals surface area contributed by atoms with Crippen LogP contribution in [-0.4, -0.2) is 40.7 Å². The second kappa shape index (κ2) is 9.90. The van der Waals surface area contributed by atoms with Crippen molar-refractivity contribution < 1.29 is 23.9 Å². The van der Waals surface area contributed by atoms with E-state index in [4.69, 9.17) is 4.74 Å². The first-order chi connectivity index (χ1) is 14.8. The Hall–Kier alpha value is -2.96. The Labute approximate surface area is 182 Å². The smallest absolute Gasteiger partial charge is 0.330 e. The maximum Gasteiger partial charge on any atom is 0.330 e. The van der Waals surface area contributed by atoms with Crippen LogP contribution in [0.25, 0.3) is 0 Å². The summed E-state index contributed by atoms with van der Waals surface area (Å²) in [4.78, 5) is 52.4. The number of esters is 1. The van der Waals surface area contributed by atoms with Crippen molar-refractivity contribution in [2.75, 3.05) is 0 Å². The lowest BCUT2D eigenvalue weighted by Gasteiger charge is -2.27. The fraction of sp³-hybridized carbons (Fsp3) is 0.500. The number of nitrogens with one attached hydrogen (secondary N) is 1. The van der Waals surface area contributed by atoms with Crippen LogP contribution in [0.15, 0.2) is 42.5 Å². The van der Waals surface area contributed by atoms with E-state index in [-0.39, 0.29) is 17.7 Å². The number of allylic oxidation sites excluding steroid dienone is 2. The van der Waals surface area contributed by atoms with Gasteiger partial charge in [-0.2, -0.15) is 0 Å². The summed E-state index contributed by atoms with van der Waals surface area (Å²) in [6.07, 6.45) is 4.08. The number of imide groups is 1. The maximum absolute atomic E-state index is 13.0. The minimum Gasteiger partial charge on any atom is -0.451 e. The third kappa shape index (κ3) is 5.21. The number of likely N-dealkylation sites (tertiary alicyclic amines) is 1. The lowest BCUT2D eigenvalue weighted by atomic mass is 9.85. The summed E-state index contributed by atoms with van der Waals surface area (Å²) in [6.45, 7) is 5.63. The highest BCUT2D eigenvalue weighted by Crippen LogP contribution is 2.37. The molecule has 2 aliphatic rings. The molecule has 1 aromatic carbocycles. The molecule has 0 bridgehead atoms. The largest absolute Gasteiger partial charge is 0.451 e. The molecule has 0 radical (unpaired) electrons. The van der Waals surface area contributed by atoms with Gasteiger partial charge >= 0.3 is 5.97 Å². The molecule has 1 saturated heterocycles. The Kier molecular flexibility index (Phi) is 7.25. The number of benzene rings is 1. The zero-order chi connectivity index (χ0) is 22.5. The molecule has 1 aliphatic carbocycles. The SMILES string of the molecule is CC(C)C[C@@H](C(=O)O[C@H](C)C(=O)NCc1ccccc1)N1C(=O)[C@H]2CC=CC[C@H]2C1=O. The summed E-state index contributed by atoms with van der Waals surface area (Å²) < 4.78 is 5.41. The van der Waals surface area contributed by atoms with Gasteiger partial charge in [0, 0.05) is 6.54 Å². The van der Waals surface area contributed by atoms with Crippen LogP contribution in [0.3, 0.4) is 0 Å². The predicted molar refractivity (Wildman–Crippen MR) is 114 cm³/mol. The predicted octanol–water partition coefficient (Wildman–Crippen LogP) is 2.60. The lowest BCUT2D eigenvalue weighted by molar-refractivity contribution is -0.165. The number of rotatable bonds is 8. The van der Waals surface area contributed by atoms with Crippen LogP contribution in [0.2, 0.25) is 0 Å². The molecule has 3 rings (SSSR count). The summed E-state index contributed by atoms with van der Waals surface area (Å²) in [5.74, 6) is -2.55. The quantitative estimate of drug-likeness (QED) is 0.392. The van der Waals surface area contributed by atoms with E-state index in [1.807, 2.05) is 56.3 Å². The summed E-state index contributed by atoms with van der Waals surface area (Å²) in [6, 6.07) is 8.38. The zero-order valence-corrected chi connectivity index (χ0v) is 18.2. The summed E-state index contributed by atoms with van der Waals surface area (Å²) in [5.41, 5.74) is 0.927. The molecule has 0 unspecified atom stereocenters. The number of carbonyl (C=O) groups is 4. The van der Waals surface area contributed by atoms with Crippen molar-refractivity contribution in [2.24, 2.45) is 17.8 Å². The van der Waals surface area contributed by atoms with Gasteiger partial charge in [0.05, 0.1) is 11.8 Å². The number of carbonyl (C=O) groups excluding carboxylic acids is 4. The molecule has 7 nitrogen and oxygen atoms in total. The molecule has 1 aliphatic heterocycles. The van der Waals surface area contributed by atoms with Crippen molar-refractivity contribution in [1.29, 1.82) is 0 Å². The molecule has 0 saturated carbocycles. The van der Waals surface area contributed by atoms with Gasteiger partial charge in [0.15, 0.2) is 6.10 Å². The Morgan fingerprint density at radius 3 is 2.16 bits per heavy atom. The van der Waals surface area contributed by atoms with E-state index < -0.39 is 35.9 Å². The number of nitrogens with zero attached hydrogens (tertiary/aromatic N) is 1. The highest BCUT2D eigenvalue weighted by Gasteiger charge is 2.51. The second-order valence-electron chi connectivity index (χ2n) is 8.63. The van der Waals surface area contributed by atoms with E-state index in [0.29, 0.717) is 25.8 Å². The summed E-state index contributed by atoms with van der Waals surface area (Å²) in [7, 11) is 0. The fourth-order valence-electron chi connectivity index (χ4n) is 4.12. The van der Waals surface area contributed by atoms with E-state index in [1.165, 1.54) is 6.92 Å². The van der Waals surface area contributed by atoms with Gasteiger partial charge in [-0.3, -0.25) is 19.3 Å². The molecular weight excluding hydrogens is 396 g/mol. The van der Waals surface area contributed by atoms with Gasteiger partial charge in [-0.1, -0.05) is 56.3 Å². The monoisotopic (exact) mass is 426 g/mol. The van der Waals surface area contributed by atoms with Crippen molar-refractivity contribution in [3.8, 4) is 0 Å². The molecule has 1 aromatic rings. The average molecular weight is 427 g/mol. The highest BCUT2D eigenvalue weighted by atomic mass is 16.5. The van der Waals surface area contributed by atoms with Crippen molar-refractivity contribution in [1.82, 2.24) is 10.2 Å². The lowest BCUT2D eigenvalue weighted by Crippen LogP contribution is -2.48. The summed E-state index contributed by atoms with van der Waals surface area (Å²) in [5, 5.41) is 2.74. The number of ether oxygens (including phenoxy) is 1. The van der Waals surface area contributed by atoms with Crippen LogP contribution < -0.4 is 5.32 Å². The minimum atomic E-state index is -1.04. The van der Waals surface area contributed by atoms with Crippen LogP contribution in [-0.2, 0) is 30.5 Å². The van der Waals surface area contributed by atoms with Gasteiger partial charge < -0.3 is 10.1 Å².